The minimum Gasteiger partial charge on any atom is -0.381 e. The first-order valence-corrected chi connectivity index (χ1v) is 10.8. The first kappa shape index (κ1) is 16.3. The molecule has 1 fully saturated rings. The molecule has 0 heterocycles. The molecular weight excluding hydrogens is 310 g/mol. The van der Waals surface area contributed by atoms with Crippen molar-refractivity contribution in [2.45, 2.75) is 41.9 Å². The van der Waals surface area contributed by atoms with Gasteiger partial charge in [0, 0.05) is 18.6 Å². The van der Waals surface area contributed by atoms with Gasteiger partial charge in [-0.3, -0.25) is 0 Å². The van der Waals surface area contributed by atoms with Crippen molar-refractivity contribution >= 4 is 25.4 Å². The highest BCUT2D eigenvalue weighted by Gasteiger charge is 2.29. The minimum absolute atomic E-state index is 0.0126. The van der Waals surface area contributed by atoms with Crippen molar-refractivity contribution in [3.63, 3.8) is 0 Å². The highest BCUT2D eigenvalue weighted by Crippen LogP contribution is 2.28. The third kappa shape index (κ3) is 4.20. The molecule has 5 nitrogen and oxygen atoms in total. The Morgan fingerprint density at radius 1 is 1.05 bits per heavy atom. The Balaban J connectivity index is 2.20. The van der Waals surface area contributed by atoms with Gasteiger partial charge >= 0.3 is 0 Å². The summed E-state index contributed by atoms with van der Waals surface area (Å²) in [6, 6.07) is 6.73. The average molecular weight is 331 g/mol. The number of sulfone groups is 2. The summed E-state index contributed by atoms with van der Waals surface area (Å²) in [4.78, 5) is 0.256. The summed E-state index contributed by atoms with van der Waals surface area (Å²) in [7, 11) is -6.35. The zero-order chi connectivity index (χ0) is 15.7. The molecule has 0 bridgehead atoms. The van der Waals surface area contributed by atoms with Gasteiger partial charge in [0.25, 0.3) is 0 Å². The van der Waals surface area contributed by atoms with Crippen molar-refractivity contribution in [2.24, 2.45) is 0 Å². The normalized spacial score (nSPS) is 23.7. The second-order valence-corrected chi connectivity index (χ2v) is 10.0. The molecule has 1 saturated carbocycles. The van der Waals surface area contributed by atoms with E-state index >= 15 is 0 Å². The molecule has 2 rings (SSSR count). The molecule has 2 atom stereocenters. The molecule has 0 radical (unpaired) electrons. The van der Waals surface area contributed by atoms with Crippen LogP contribution >= 0.6 is 0 Å². The monoisotopic (exact) mass is 331 g/mol. The van der Waals surface area contributed by atoms with Crippen LogP contribution in [0, 0.1) is 0 Å². The summed E-state index contributed by atoms with van der Waals surface area (Å²) in [5, 5.41) is 2.88. The summed E-state index contributed by atoms with van der Waals surface area (Å²) in [6.45, 7) is 0. The lowest BCUT2D eigenvalue weighted by Crippen LogP contribution is -2.34. The number of hydrogen-bond acceptors (Lipinski definition) is 5. The molecule has 1 aliphatic rings. The summed E-state index contributed by atoms with van der Waals surface area (Å²) < 4.78 is 46.9. The molecule has 0 saturated heterocycles. The molecule has 1 aromatic carbocycles. The van der Waals surface area contributed by atoms with E-state index in [-0.39, 0.29) is 16.2 Å². The van der Waals surface area contributed by atoms with E-state index in [0.717, 1.165) is 12.8 Å². The maximum absolute atomic E-state index is 11.8. The van der Waals surface area contributed by atoms with E-state index in [1.807, 2.05) is 0 Å². The highest BCUT2D eigenvalue weighted by atomic mass is 32.2. The lowest BCUT2D eigenvalue weighted by Gasteiger charge is -2.29. The van der Waals surface area contributed by atoms with Gasteiger partial charge in [-0.05, 0) is 31.4 Å². The molecule has 2 unspecified atom stereocenters. The molecule has 1 aliphatic carbocycles. The largest absolute Gasteiger partial charge is 0.381 e. The van der Waals surface area contributed by atoms with Crippen molar-refractivity contribution < 1.29 is 16.8 Å². The number of hydrogen-bond donors (Lipinski definition) is 1. The van der Waals surface area contributed by atoms with Gasteiger partial charge in [-0.1, -0.05) is 18.6 Å². The standard InChI is InChI=1S/C14H21NO4S2/c1-20(16,17)12-7-5-6-11(10-12)15-13-8-3-4-9-14(13)21(2,18)19/h3-4,8-9,11-12,15H,5-7,10H2,1-2H3. The smallest absolute Gasteiger partial charge is 0.177 e. The molecule has 7 heteroatoms. The predicted octanol–water partition coefficient (Wildman–Crippen LogP) is 1.86. The maximum Gasteiger partial charge on any atom is 0.177 e. The van der Waals surface area contributed by atoms with Crippen LogP contribution in [0.5, 0.6) is 0 Å². The highest BCUT2D eigenvalue weighted by molar-refractivity contribution is 7.91. The lowest BCUT2D eigenvalue weighted by atomic mass is 9.95. The van der Waals surface area contributed by atoms with Crippen molar-refractivity contribution in [3.8, 4) is 0 Å². The summed E-state index contributed by atoms with van der Waals surface area (Å²) in [6.07, 6.45) is 5.33. The van der Waals surface area contributed by atoms with Crippen LogP contribution in [0.2, 0.25) is 0 Å². The van der Waals surface area contributed by atoms with Crippen LogP contribution in [-0.2, 0) is 19.7 Å². The molecular formula is C14H21NO4S2. The van der Waals surface area contributed by atoms with Gasteiger partial charge in [-0.15, -0.1) is 0 Å². The molecule has 118 valence electrons. The molecule has 0 aromatic heterocycles. The third-order valence-corrected chi connectivity index (χ3v) is 6.67. The first-order valence-electron chi connectivity index (χ1n) is 6.92. The van der Waals surface area contributed by atoms with Gasteiger partial charge in [0.2, 0.25) is 0 Å². The minimum atomic E-state index is -3.31. The van der Waals surface area contributed by atoms with Crippen LogP contribution in [0.4, 0.5) is 5.69 Å². The Kier molecular flexibility index (Phi) is 4.63. The van der Waals surface area contributed by atoms with Crippen LogP contribution in [0.1, 0.15) is 25.7 Å². The van der Waals surface area contributed by atoms with E-state index in [1.54, 1.807) is 24.3 Å². The fraction of sp³-hybridized carbons (Fsp3) is 0.571. The Bertz CT molecular complexity index is 710. The average Bonchev–Trinajstić information content (AvgIpc) is 2.37. The van der Waals surface area contributed by atoms with E-state index in [1.165, 1.54) is 12.5 Å². The number of anilines is 1. The van der Waals surface area contributed by atoms with Crippen LogP contribution in [0.3, 0.4) is 0 Å². The number of para-hydroxylation sites is 1. The van der Waals surface area contributed by atoms with Crippen molar-refractivity contribution in [2.75, 3.05) is 17.8 Å². The van der Waals surface area contributed by atoms with Gasteiger partial charge in [-0.25, -0.2) is 16.8 Å². The lowest BCUT2D eigenvalue weighted by molar-refractivity contribution is 0.452. The van der Waals surface area contributed by atoms with E-state index < -0.39 is 19.7 Å². The SMILES string of the molecule is CS(=O)(=O)c1ccccc1NC1CCCC(S(C)(=O)=O)C1. The number of nitrogens with one attached hydrogen (secondary N) is 1. The van der Waals surface area contributed by atoms with Gasteiger partial charge < -0.3 is 5.32 Å². The molecule has 0 spiro atoms. The zero-order valence-corrected chi connectivity index (χ0v) is 13.9. The Labute approximate surface area is 126 Å². The Morgan fingerprint density at radius 2 is 1.71 bits per heavy atom. The number of rotatable bonds is 4. The maximum atomic E-state index is 11.8. The van der Waals surface area contributed by atoms with Crippen molar-refractivity contribution in [1.82, 2.24) is 0 Å². The van der Waals surface area contributed by atoms with E-state index in [2.05, 4.69) is 5.32 Å². The van der Waals surface area contributed by atoms with Gasteiger partial charge in [0.05, 0.1) is 15.8 Å². The molecule has 1 aromatic rings. The van der Waals surface area contributed by atoms with E-state index in [4.69, 9.17) is 0 Å². The number of benzene rings is 1. The van der Waals surface area contributed by atoms with Crippen molar-refractivity contribution in [1.29, 1.82) is 0 Å². The van der Waals surface area contributed by atoms with E-state index in [0.29, 0.717) is 18.5 Å². The van der Waals surface area contributed by atoms with Crippen LogP contribution in [0.25, 0.3) is 0 Å². The fourth-order valence-corrected chi connectivity index (χ4v) is 4.82. The zero-order valence-electron chi connectivity index (χ0n) is 12.2. The summed E-state index contributed by atoms with van der Waals surface area (Å²) in [5.74, 6) is 0. The van der Waals surface area contributed by atoms with Crippen LogP contribution < -0.4 is 5.32 Å². The Morgan fingerprint density at radius 3 is 2.33 bits per heavy atom. The van der Waals surface area contributed by atoms with Gasteiger partial charge in [0.1, 0.15) is 9.84 Å². The molecule has 1 N–H and O–H groups in total. The van der Waals surface area contributed by atoms with E-state index in [9.17, 15) is 16.8 Å². The van der Waals surface area contributed by atoms with Gasteiger partial charge in [0.15, 0.2) is 9.84 Å². The van der Waals surface area contributed by atoms with Crippen LogP contribution in [-0.4, -0.2) is 40.6 Å². The summed E-state index contributed by atoms with van der Waals surface area (Å²) in [5.41, 5.74) is 0.555. The molecule has 0 amide bonds. The molecule has 0 aliphatic heterocycles. The van der Waals surface area contributed by atoms with Crippen molar-refractivity contribution in [3.05, 3.63) is 24.3 Å². The first-order chi connectivity index (χ1) is 9.68. The van der Waals surface area contributed by atoms with Gasteiger partial charge in [-0.2, -0.15) is 0 Å². The topological polar surface area (TPSA) is 80.3 Å². The molecule has 21 heavy (non-hydrogen) atoms. The third-order valence-electron chi connectivity index (χ3n) is 3.88. The quantitative estimate of drug-likeness (QED) is 0.911. The Hall–Kier alpha value is -1.08. The summed E-state index contributed by atoms with van der Waals surface area (Å²) >= 11 is 0. The predicted molar refractivity (Wildman–Crippen MR) is 84.1 cm³/mol. The fourth-order valence-electron chi connectivity index (χ4n) is 2.79. The second-order valence-electron chi connectivity index (χ2n) is 5.73. The second kappa shape index (κ2) is 5.96. The van der Waals surface area contributed by atoms with Crippen LogP contribution in [0.15, 0.2) is 29.2 Å².